The minimum Gasteiger partial charge on any atom is -0.396 e. The number of sulfone groups is 1. The molecule has 16 heavy (non-hydrogen) atoms. The number of ether oxygens (including phenoxy) is 1. The van der Waals surface area contributed by atoms with E-state index in [1.807, 2.05) is 0 Å². The van der Waals surface area contributed by atoms with Gasteiger partial charge in [-0.2, -0.15) is 0 Å². The maximum Gasteiger partial charge on any atom is 0.150 e. The van der Waals surface area contributed by atoms with Crippen molar-refractivity contribution >= 4 is 9.84 Å². The summed E-state index contributed by atoms with van der Waals surface area (Å²) in [4.78, 5) is 0. The van der Waals surface area contributed by atoms with Crippen molar-refractivity contribution in [2.24, 2.45) is 11.8 Å². The Morgan fingerprint density at radius 1 is 1.38 bits per heavy atom. The molecule has 1 N–H and O–H groups in total. The van der Waals surface area contributed by atoms with Crippen LogP contribution in [0.5, 0.6) is 0 Å². The Kier molecular flexibility index (Phi) is 3.87. The van der Waals surface area contributed by atoms with Gasteiger partial charge in [-0.25, -0.2) is 8.42 Å². The van der Waals surface area contributed by atoms with E-state index in [2.05, 4.69) is 0 Å². The molecular weight excluding hydrogens is 228 g/mol. The smallest absolute Gasteiger partial charge is 0.150 e. The second-order valence-corrected chi connectivity index (χ2v) is 7.21. The van der Waals surface area contributed by atoms with E-state index in [0.29, 0.717) is 12.2 Å². The lowest BCUT2D eigenvalue weighted by molar-refractivity contribution is 0.0634. The van der Waals surface area contributed by atoms with Crippen LogP contribution in [0.3, 0.4) is 0 Å². The summed E-state index contributed by atoms with van der Waals surface area (Å²) in [6.45, 7) is 0.895. The van der Waals surface area contributed by atoms with Gasteiger partial charge in [0.25, 0.3) is 0 Å². The van der Waals surface area contributed by atoms with Gasteiger partial charge in [-0.1, -0.05) is 0 Å². The average Bonchev–Trinajstić information content (AvgIpc) is 2.83. The Hall–Kier alpha value is -0.130. The molecule has 0 spiro atoms. The predicted octanol–water partition coefficient (Wildman–Crippen LogP) is 0.599. The largest absolute Gasteiger partial charge is 0.396 e. The van der Waals surface area contributed by atoms with Crippen LogP contribution in [-0.2, 0) is 14.6 Å². The van der Waals surface area contributed by atoms with Gasteiger partial charge in [-0.15, -0.1) is 0 Å². The van der Waals surface area contributed by atoms with Crippen molar-refractivity contribution in [2.75, 3.05) is 24.7 Å². The minimum atomic E-state index is -2.84. The van der Waals surface area contributed by atoms with Gasteiger partial charge < -0.3 is 9.84 Å². The van der Waals surface area contributed by atoms with Crippen LogP contribution in [0.15, 0.2) is 0 Å². The van der Waals surface area contributed by atoms with Gasteiger partial charge in [-0.3, -0.25) is 0 Å². The first-order valence-electron chi connectivity index (χ1n) is 6.03. The molecule has 4 nitrogen and oxygen atoms in total. The standard InChI is InChI=1S/C11H20O4S/c12-7-10(6-11-2-1-4-15-11)9-3-5-16(13,14)8-9/h9-12H,1-8H2. The summed E-state index contributed by atoms with van der Waals surface area (Å²) in [6, 6.07) is 0. The third-order valence-electron chi connectivity index (χ3n) is 3.76. The fraction of sp³-hybridized carbons (Fsp3) is 1.00. The normalized spacial score (nSPS) is 35.3. The molecule has 0 aliphatic carbocycles. The maximum atomic E-state index is 11.4. The van der Waals surface area contributed by atoms with Crippen LogP contribution in [-0.4, -0.2) is 44.3 Å². The number of hydrogen-bond acceptors (Lipinski definition) is 4. The quantitative estimate of drug-likeness (QED) is 0.791. The predicted molar refractivity (Wildman–Crippen MR) is 60.9 cm³/mol. The molecule has 0 aromatic carbocycles. The third-order valence-corrected chi connectivity index (χ3v) is 5.55. The fourth-order valence-corrected chi connectivity index (χ4v) is 4.70. The second kappa shape index (κ2) is 5.02. The fourth-order valence-electron chi connectivity index (χ4n) is 2.78. The lowest BCUT2D eigenvalue weighted by Gasteiger charge is -2.23. The Morgan fingerprint density at radius 3 is 2.69 bits per heavy atom. The highest BCUT2D eigenvalue weighted by molar-refractivity contribution is 7.91. The lowest BCUT2D eigenvalue weighted by atomic mass is 9.87. The third kappa shape index (κ3) is 2.96. The van der Waals surface area contributed by atoms with E-state index in [-0.39, 0.29) is 30.3 Å². The van der Waals surface area contributed by atoms with Gasteiger partial charge in [0, 0.05) is 13.2 Å². The highest BCUT2D eigenvalue weighted by Crippen LogP contribution is 2.31. The molecule has 94 valence electrons. The molecule has 3 unspecified atom stereocenters. The molecule has 0 amide bonds. The van der Waals surface area contributed by atoms with Crippen LogP contribution in [0.2, 0.25) is 0 Å². The van der Waals surface area contributed by atoms with Crippen LogP contribution in [0.25, 0.3) is 0 Å². The summed E-state index contributed by atoms with van der Waals surface area (Å²) in [5.74, 6) is 0.782. The van der Waals surface area contributed by atoms with Gasteiger partial charge in [0.1, 0.15) is 0 Å². The van der Waals surface area contributed by atoms with Gasteiger partial charge in [0.2, 0.25) is 0 Å². The second-order valence-electron chi connectivity index (χ2n) is 4.98. The zero-order valence-corrected chi connectivity index (χ0v) is 10.3. The van der Waals surface area contributed by atoms with Crippen LogP contribution >= 0.6 is 0 Å². The van der Waals surface area contributed by atoms with Gasteiger partial charge in [0.05, 0.1) is 17.6 Å². The molecule has 2 heterocycles. The molecule has 2 saturated heterocycles. The Balaban J connectivity index is 1.89. The van der Waals surface area contributed by atoms with Crippen molar-refractivity contribution in [1.29, 1.82) is 0 Å². The summed E-state index contributed by atoms with van der Waals surface area (Å²) in [5, 5.41) is 9.37. The Morgan fingerprint density at radius 2 is 2.19 bits per heavy atom. The van der Waals surface area contributed by atoms with E-state index in [1.165, 1.54) is 0 Å². The van der Waals surface area contributed by atoms with E-state index >= 15 is 0 Å². The van der Waals surface area contributed by atoms with Crippen molar-refractivity contribution in [2.45, 2.75) is 31.8 Å². The monoisotopic (exact) mass is 248 g/mol. The lowest BCUT2D eigenvalue weighted by Crippen LogP contribution is -2.24. The van der Waals surface area contributed by atoms with E-state index in [9.17, 15) is 13.5 Å². The first kappa shape index (κ1) is 12.3. The van der Waals surface area contributed by atoms with Crippen molar-refractivity contribution in [1.82, 2.24) is 0 Å². The summed E-state index contributed by atoms with van der Waals surface area (Å²) >= 11 is 0. The molecule has 2 rings (SSSR count). The molecule has 5 heteroatoms. The topological polar surface area (TPSA) is 63.6 Å². The maximum absolute atomic E-state index is 11.4. The SMILES string of the molecule is O=S1(=O)CCC(C(CO)CC2CCCO2)C1. The number of aliphatic hydroxyl groups is 1. The van der Waals surface area contributed by atoms with Gasteiger partial charge in [0.15, 0.2) is 9.84 Å². The number of hydrogen-bond donors (Lipinski definition) is 1. The van der Waals surface area contributed by atoms with Gasteiger partial charge >= 0.3 is 0 Å². The number of aliphatic hydroxyl groups excluding tert-OH is 1. The van der Waals surface area contributed by atoms with Crippen LogP contribution in [0, 0.1) is 11.8 Å². The van der Waals surface area contributed by atoms with Gasteiger partial charge in [-0.05, 0) is 37.5 Å². The zero-order valence-electron chi connectivity index (χ0n) is 9.47. The molecule has 0 radical (unpaired) electrons. The summed E-state index contributed by atoms with van der Waals surface area (Å²) in [6.07, 6.45) is 3.90. The summed E-state index contributed by atoms with van der Waals surface area (Å²) in [7, 11) is -2.84. The minimum absolute atomic E-state index is 0.0834. The van der Waals surface area contributed by atoms with Crippen molar-refractivity contribution in [3.8, 4) is 0 Å². The van der Waals surface area contributed by atoms with Crippen molar-refractivity contribution in [3.05, 3.63) is 0 Å². The van der Waals surface area contributed by atoms with E-state index in [1.54, 1.807) is 0 Å². The zero-order chi connectivity index (χ0) is 11.6. The Labute approximate surface area is 96.9 Å². The molecule has 0 bridgehead atoms. The molecule has 2 aliphatic rings. The number of rotatable bonds is 4. The molecule has 2 aliphatic heterocycles. The summed E-state index contributed by atoms with van der Waals surface area (Å²) in [5.41, 5.74) is 0. The average molecular weight is 248 g/mol. The van der Waals surface area contributed by atoms with E-state index in [0.717, 1.165) is 25.9 Å². The highest BCUT2D eigenvalue weighted by atomic mass is 32.2. The van der Waals surface area contributed by atoms with Crippen molar-refractivity contribution < 1.29 is 18.3 Å². The van der Waals surface area contributed by atoms with E-state index < -0.39 is 9.84 Å². The summed E-state index contributed by atoms with van der Waals surface area (Å²) < 4.78 is 28.3. The molecule has 0 aromatic rings. The van der Waals surface area contributed by atoms with Crippen LogP contribution in [0.1, 0.15) is 25.7 Å². The molecular formula is C11H20O4S. The van der Waals surface area contributed by atoms with Crippen LogP contribution < -0.4 is 0 Å². The first-order chi connectivity index (χ1) is 7.61. The molecule has 2 fully saturated rings. The molecule has 0 aromatic heterocycles. The Bertz CT molecular complexity index is 319. The highest BCUT2D eigenvalue weighted by Gasteiger charge is 2.35. The molecule has 3 atom stereocenters. The first-order valence-corrected chi connectivity index (χ1v) is 7.86. The molecule has 0 saturated carbocycles. The van der Waals surface area contributed by atoms with Crippen LogP contribution in [0.4, 0.5) is 0 Å². The van der Waals surface area contributed by atoms with Crippen molar-refractivity contribution in [3.63, 3.8) is 0 Å². The van der Waals surface area contributed by atoms with E-state index in [4.69, 9.17) is 4.74 Å².